The molecule has 0 saturated heterocycles. The predicted octanol–water partition coefficient (Wildman–Crippen LogP) is 3.88. The van der Waals surface area contributed by atoms with Crippen LogP contribution in [0.25, 0.3) is 0 Å². The van der Waals surface area contributed by atoms with E-state index in [1.807, 2.05) is 36.4 Å². The summed E-state index contributed by atoms with van der Waals surface area (Å²) in [7, 11) is 0. The molecule has 0 bridgehead atoms. The fourth-order valence-corrected chi connectivity index (χ4v) is 1.82. The number of halogens is 1. The summed E-state index contributed by atoms with van der Waals surface area (Å²) < 4.78 is 10.8. The quantitative estimate of drug-likeness (QED) is 0.745. The van der Waals surface area contributed by atoms with Crippen molar-refractivity contribution in [2.75, 3.05) is 13.2 Å². The summed E-state index contributed by atoms with van der Waals surface area (Å²) in [6.45, 7) is 2.47. The first-order chi connectivity index (χ1) is 9.34. The van der Waals surface area contributed by atoms with Gasteiger partial charge in [0.25, 0.3) is 0 Å². The second-order valence-corrected chi connectivity index (χ2v) is 4.70. The number of unbranched alkanes of at least 4 members (excludes halogenated alkanes) is 1. The molecule has 2 aromatic rings. The molecule has 0 aliphatic rings. The van der Waals surface area contributed by atoms with E-state index in [-0.39, 0.29) is 0 Å². The van der Waals surface area contributed by atoms with Crippen molar-refractivity contribution in [2.24, 2.45) is 0 Å². The van der Waals surface area contributed by atoms with Gasteiger partial charge in [0.2, 0.25) is 0 Å². The van der Waals surface area contributed by atoms with E-state index in [0.717, 1.165) is 49.1 Å². The van der Waals surface area contributed by atoms with E-state index >= 15 is 0 Å². The lowest BCUT2D eigenvalue weighted by atomic mass is 10.3. The van der Waals surface area contributed by atoms with Crippen LogP contribution in [-0.2, 0) is 6.54 Å². The largest absolute Gasteiger partial charge is 0.494 e. The number of ether oxygens (including phenoxy) is 1. The van der Waals surface area contributed by atoms with Gasteiger partial charge in [0.1, 0.15) is 11.5 Å². The molecule has 0 aliphatic carbocycles. The van der Waals surface area contributed by atoms with Crippen LogP contribution in [0.5, 0.6) is 5.75 Å². The van der Waals surface area contributed by atoms with E-state index in [1.165, 1.54) is 0 Å². The number of nitrogens with one attached hydrogen (secondary N) is 1. The lowest BCUT2D eigenvalue weighted by molar-refractivity contribution is 0.305. The molecule has 1 N–H and O–H groups in total. The molecule has 0 unspecified atom stereocenters. The highest BCUT2D eigenvalue weighted by Gasteiger charge is 1.96. The number of benzene rings is 1. The Morgan fingerprint density at radius 3 is 2.68 bits per heavy atom. The Labute approximate surface area is 118 Å². The Balaban J connectivity index is 1.49. The van der Waals surface area contributed by atoms with Gasteiger partial charge in [-0.1, -0.05) is 11.6 Å². The third-order valence-corrected chi connectivity index (χ3v) is 2.96. The first-order valence-electron chi connectivity index (χ1n) is 6.46. The van der Waals surface area contributed by atoms with Crippen molar-refractivity contribution in [3.8, 4) is 5.75 Å². The van der Waals surface area contributed by atoms with Crippen molar-refractivity contribution in [2.45, 2.75) is 19.4 Å². The Bertz CT molecular complexity index is 454. The number of hydrogen-bond acceptors (Lipinski definition) is 3. The molecule has 0 fully saturated rings. The molecule has 2 rings (SSSR count). The second-order valence-electron chi connectivity index (χ2n) is 4.27. The van der Waals surface area contributed by atoms with E-state index in [4.69, 9.17) is 20.8 Å². The summed E-state index contributed by atoms with van der Waals surface area (Å²) in [6, 6.07) is 11.3. The van der Waals surface area contributed by atoms with Crippen LogP contribution in [0, 0.1) is 0 Å². The van der Waals surface area contributed by atoms with Crippen LogP contribution in [0.1, 0.15) is 18.6 Å². The lowest BCUT2D eigenvalue weighted by Gasteiger charge is -2.06. The van der Waals surface area contributed by atoms with Gasteiger partial charge in [0.05, 0.1) is 19.4 Å². The van der Waals surface area contributed by atoms with Crippen molar-refractivity contribution in [1.29, 1.82) is 0 Å². The van der Waals surface area contributed by atoms with Gasteiger partial charge in [-0.05, 0) is 55.8 Å². The van der Waals surface area contributed by atoms with Crippen molar-refractivity contribution < 1.29 is 9.15 Å². The first-order valence-corrected chi connectivity index (χ1v) is 6.84. The highest BCUT2D eigenvalue weighted by molar-refractivity contribution is 6.30. The zero-order valence-electron chi connectivity index (χ0n) is 10.8. The maximum atomic E-state index is 5.80. The predicted molar refractivity (Wildman–Crippen MR) is 76.6 cm³/mol. The smallest absolute Gasteiger partial charge is 0.119 e. The average Bonchev–Trinajstić information content (AvgIpc) is 2.93. The highest BCUT2D eigenvalue weighted by Crippen LogP contribution is 2.15. The molecular weight excluding hydrogens is 262 g/mol. The number of rotatable bonds is 8. The Hall–Kier alpha value is -1.45. The van der Waals surface area contributed by atoms with Crippen molar-refractivity contribution in [1.82, 2.24) is 5.32 Å². The van der Waals surface area contributed by atoms with Crippen molar-refractivity contribution in [3.05, 3.63) is 53.4 Å². The van der Waals surface area contributed by atoms with E-state index in [9.17, 15) is 0 Å². The molecule has 0 radical (unpaired) electrons. The standard InChI is InChI=1S/C15H18ClNO2/c16-13-5-7-14(8-6-13)18-10-2-1-9-17-12-15-4-3-11-19-15/h3-8,11,17H,1-2,9-10,12H2. The summed E-state index contributed by atoms with van der Waals surface area (Å²) in [4.78, 5) is 0. The minimum absolute atomic E-state index is 0.726. The molecule has 1 heterocycles. The molecule has 19 heavy (non-hydrogen) atoms. The maximum absolute atomic E-state index is 5.80. The SMILES string of the molecule is Clc1ccc(OCCCCNCc2ccco2)cc1. The Morgan fingerprint density at radius 2 is 1.95 bits per heavy atom. The molecule has 3 nitrogen and oxygen atoms in total. The van der Waals surface area contributed by atoms with Crippen LogP contribution >= 0.6 is 11.6 Å². The fourth-order valence-electron chi connectivity index (χ4n) is 1.70. The molecule has 4 heteroatoms. The number of hydrogen-bond donors (Lipinski definition) is 1. The summed E-state index contributed by atoms with van der Waals surface area (Å²) in [6.07, 6.45) is 3.79. The topological polar surface area (TPSA) is 34.4 Å². The van der Waals surface area contributed by atoms with Crippen LogP contribution in [-0.4, -0.2) is 13.2 Å². The van der Waals surface area contributed by atoms with Crippen molar-refractivity contribution >= 4 is 11.6 Å². The normalized spacial score (nSPS) is 10.6. The summed E-state index contributed by atoms with van der Waals surface area (Å²) in [5.41, 5.74) is 0. The molecule has 0 spiro atoms. The van der Waals surface area contributed by atoms with Crippen molar-refractivity contribution in [3.63, 3.8) is 0 Å². The van der Waals surface area contributed by atoms with Gasteiger partial charge in [0, 0.05) is 5.02 Å². The molecule has 1 aromatic carbocycles. The van der Waals surface area contributed by atoms with E-state index in [1.54, 1.807) is 6.26 Å². The summed E-state index contributed by atoms with van der Waals surface area (Å²) >= 11 is 5.80. The van der Waals surface area contributed by atoms with Crippen LogP contribution < -0.4 is 10.1 Å². The van der Waals surface area contributed by atoms with Crippen LogP contribution in [0.4, 0.5) is 0 Å². The minimum Gasteiger partial charge on any atom is -0.494 e. The third-order valence-electron chi connectivity index (χ3n) is 2.71. The molecular formula is C15H18ClNO2. The maximum Gasteiger partial charge on any atom is 0.119 e. The second kappa shape index (κ2) is 7.87. The van der Waals surface area contributed by atoms with Gasteiger partial charge >= 0.3 is 0 Å². The lowest BCUT2D eigenvalue weighted by Crippen LogP contribution is -2.15. The molecule has 0 saturated carbocycles. The molecule has 0 aliphatic heterocycles. The summed E-state index contributed by atoms with van der Waals surface area (Å²) in [5.74, 6) is 1.84. The monoisotopic (exact) mass is 279 g/mol. The fraction of sp³-hybridized carbons (Fsp3) is 0.333. The number of furan rings is 1. The van der Waals surface area contributed by atoms with Crippen LogP contribution in [0.15, 0.2) is 47.1 Å². The first kappa shape index (κ1) is 14.0. The minimum atomic E-state index is 0.726. The van der Waals surface area contributed by atoms with Gasteiger partial charge in [0.15, 0.2) is 0 Å². The molecule has 1 aromatic heterocycles. The van der Waals surface area contributed by atoms with Gasteiger partial charge < -0.3 is 14.5 Å². The van der Waals surface area contributed by atoms with E-state index < -0.39 is 0 Å². The average molecular weight is 280 g/mol. The zero-order valence-corrected chi connectivity index (χ0v) is 11.5. The Kier molecular flexibility index (Phi) is 5.79. The molecule has 0 amide bonds. The molecule has 0 atom stereocenters. The van der Waals surface area contributed by atoms with Crippen LogP contribution in [0.3, 0.4) is 0 Å². The van der Waals surface area contributed by atoms with E-state index in [2.05, 4.69) is 5.32 Å². The van der Waals surface area contributed by atoms with Gasteiger partial charge in [-0.25, -0.2) is 0 Å². The van der Waals surface area contributed by atoms with Gasteiger partial charge in [-0.15, -0.1) is 0 Å². The third kappa shape index (κ3) is 5.37. The molecule has 102 valence electrons. The van der Waals surface area contributed by atoms with Crippen LogP contribution in [0.2, 0.25) is 5.02 Å². The highest BCUT2D eigenvalue weighted by atomic mass is 35.5. The van der Waals surface area contributed by atoms with Gasteiger partial charge in [-0.3, -0.25) is 0 Å². The zero-order chi connectivity index (χ0) is 13.3. The van der Waals surface area contributed by atoms with Gasteiger partial charge in [-0.2, -0.15) is 0 Å². The van der Waals surface area contributed by atoms with E-state index in [0.29, 0.717) is 0 Å². The Morgan fingerprint density at radius 1 is 1.11 bits per heavy atom. The summed E-state index contributed by atoms with van der Waals surface area (Å²) in [5, 5.41) is 4.06.